The quantitative estimate of drug-likeness (QED) is 0.392. The second-order valence-corrected chi connectivity index (χ2v) is 8.62. The molecule has 0 aliphatic carbocycles. The Labute approximate surface area is 189 Å². The van der Waals surface area contributed by atoms with Crippen LogP contribution in [0.4, 0.5) is 10.5 Å². The Hall–Kier alpha value is -3.79. The van der Waals surface area contributed by atoms with E-state index in [4.69, 9.17) is 0 Å². The molecule has 1 atom stereocenters. The average Bonchev–Trinajstić information content (AvgIpc) is 3.21. The van der Waals surface area contributed by atoms with Gasteiger partial charge < -0.3 is 14.8 Å². The fraction of sp³-hybridized carbons (Fsp3) is 0.179. The summed E-state index contributed by atoms with van der Waals surface area (Å²) < 4.78 is 2.21. The van der Waals surface area contributed by atoms with Crippen molar-refractivity contribution in [2.24, 2.45) is 0 Å². The van der Waals surface area contributed by atoms with Gasteiger partial charge in [0.1, 0.15) is 0 Å². The number of aryl methyl sites for hydroxylation is 3. The third kappa shape index (κ3) is 3.58. The molecule has 0 saturated heterocycles. The van der Waals surface area contributed by atoms with Crippen LogP contribution in [0.15, 0.2) is 85.1 Å². The molecular formula is C28H27N3O. The van der Waals surface area contributed by atoms with Crippen LogP contribution in [0, 0.1) is 20.8 Å². The molecule has 0 radical (unpaired) electrons. The predicted molar refractivity (Wildman–Crippen MR) is 129 cm³/mol. The van der Waals surface area contributed by atoms with Gasteiger partial charge >= 0.3 is 6.03 Å². The normalized spacial score (nSPS) is 15.0. The van der Waals surface area contributed by atoms with Gasteiger partial charge in [0.05, 0.1) is 18.3 Å². The molecule has 2 amide bonds. The van der Waals surface area contributed by atoms with Crippen molar-refractivity contribution in [3.63, 3.8) is 0 Å². The number of carbonyl (C=O) groups is 1. The number of urea groups is 1. The number of para-hydroxylation sites is 1. The number of hydrogen-bond acceptors (Lipinski definition) is 1. The van der Waals surface area contributed by atoms with E-state index >= 15 is 0 Å². The molecule has 1 aromatic heterocycles. The Bertz CT molecular complexity index is 1290. The summed E-state index contributed by atoms with van der Waals surface area (Å²) in [6, 6.07) is 26.8. The summed E-state index contributed by atoms with van der Waals surface area (Å²) in [5, 5.41) is 3.18. The summed E-state index contributed by atoms with van der Waals surface area (Å²) >= 11 is 0. The summed E-state index contributed by atoms with van der Waals surface area (Å²) in [6.07, 6.45) is 2.08. The van der Waals surface area contributed by atoms with Crippen LogP contribution in [0.5, 0.6) is 0 Å². The van der Waals surface area contributed by atoms with Crippen molar-refractivity contribution < 1.29 is 4.79 Å². The number of fused-ring (bicyclic) bond motifs is 3. The van der Waals surface area contributed by atoms with Crippen molar-refractivity contribution in [1.29, 1.82) is 0 Å². The topological polar surface area (TPSA) is 37.3 Å². The van der Waals surface area contributed by atoms with Crippen LogP contribution >= 0.6 is 0 Å². The lowest BCUT2D eigenvalue weighted by Gasteiger charge is -2.31. The lowest BCUT2D eigenvalue weighted by molar-refractivity contribution is 0.194. The predicted octanol–water partition coefficient (Wildman–Crippen LogP) is 6.54. The molecule has 0 bridgehead atoms. The first-order valence-corrected chi connectivity index (χ1v) is 11.0. The minimum Gasteiger partial charge on any atom is -0.318 e. The molecule has 5 rings (SSSR count). The van der Waals surface area contributed by atoms with E-state index in [0.717, 1.165) is 33.8 Å². The Kier molecular flexibility index (Phi) is 5.06. The van der Waals surface area contributed by atoms with E-state index in [2.05, 4.69) is 90.6 Å². The third-order valence-corrected chi connectivity index (χ3v) is 6.24. The Morgan fingerprint density at radius 3 is 2.41 bits per heavy atom. The molecule has 32 heavy (non-hydrogen) atoms. The molecule has 0 unspecified atom stereocenters. The van der Waals surface area contributed by atoms with Crippen LogP contribution < -0.4 is 5.32 Å². The van der Waals surface area contributed by atoms with Crippen LogP contribution in [0.3, 0.4) is 0 Å². The number of rotatable bonds is 2. The molecule has 1 aliphatic heterocycles. The largest absolute Gasteiger partial charge is 0.322 e. The Balaban J connectivity index is 1.62. The second kappa shape index (κ2) is 8.04. The summed E-state index contributed by atoms with van der Waals surface area (Å²) in [5.74, 6) is 0. The molecule has 0 spiro atoms. The SMILES string of the molecule is Cc1ccc([C@@H]2c3cccn3-c3ccccc3CN2C(=O)Nc2ccc(C)cc2C)cc1. The molecule has 1 aliphatic rings. The number of benzene rings is 3. The maximum absolute atomic E-state index is 13.8. The molecule has 4 heteroatoms. The fourth-order valence-electron chi connectivity index (χ4n) is 4.58. The highest BCUT2D eigenvalue weighted by Gasteiger charge is 2.33. The van der Waals surface area contributed by atoms with Crippen LogP contribution in [0.1, 0.15) is 39.6 Å². The molecule has 160 valence electrons. The highest BCUT2D eigenvalue weighted by molar-refractivity contribution is 5.91. The van der Waals surface area contributed by atoms with Crippen LogP contribution in [0.2, 0.25) is 0 Å². The molecule has 4 aromatic rings. The lowest BCUT2D eigenvalue weighted by atomic mass is 10.0. The van der Waals surface area contributed by atoms with Gasteiger partial charge in [-0.15, -0.1) is 0 Å². The Morgan fingerprint density at radius 2 is 1.62 bits per heavy atom. The number of hydrogen-bond donors (Lipinski definition) is 1. The highest BCUT2D eigenvalue weighted by Crippen LogP contribution is 2.37. The van der Waals surface area contributed by atoms with Gasteiger partial charge in [0, 0.05) is 17.6 Å². The molecule has 3 aromatic carbocycles. The molecule has 4 nitrogen and oxygen atoms in total. The van der Waals surface area contributed by atoms with E-state index in [1.165, 1.54) is 11.1 Å². The summed E-state index contributed by atoms with van der Waals surface area (Å²) in [6.45, 7) is 6.70. The van der Waals surface area contributed by atoms with Gasteiger partial charge in [-0.05, 0) is 61.7 Å². The molecule has 2 heterocycles. The van der Waals surface area contributed by atoms with E-state index in [-0.39, 0.29) is 12.1 Å². The van der Waals surface area contributed by atoms with E-state index in [0.29, 0.717) is 6.54 Å². The molecule has 0 fully saturated rings. The zero-order chi connectivity index (χ0) is 22.2. The van der Waals surface area contributed by atoms with Crippen LogP contribution in [0.25, 0.3) is 5.69 Å². The summed E-state index contributed by atoms with van der Waals surface area (Å²) in [4.78, 5) is 15.7. The number of anilines is 1. The minimum atomic E-state index is -0.205. The fourth-order valence-corrected chi connectivity index (χ4v) is 4.58. The Morgan fingerprint density at radius 1 is 0.875 bits per heavy atom. The summed E-state index contributed by atoms with van der Waals surface area (Å²) in [5.41, 5.74) is 8.70. The molecular weight excluding hydrogens is 394 g/mol. The number of nitrogens with zero attached hydrogens (tertiary/aromatic N) is 2. The van der Waals surface area contributed by atoms with Crippen molar-refractivity contribution >= 4 is 11.7 Å². The maximum Gasteiger partial charge on any atom is 0.322 e. The van der Waals surface area contributed by atoms with Crippen molar-refractivity contribution in [2.75, 3.05) is 5.32 Å². The molecule has 0 saturated carbocycles. The lowest BCUT2D eigenvalue weighted by Crippen LogP contribution is -2.38. The highest BCUT2D eigenvalue weighted by atomic mass is 16.2. The zero-order valence-corrected chi connectivity index (χ0v) is 18.7. The van der Waals surface area contributed by atoms with Crippen molar-refractivity contribution in [1.82, 2.24) is 9.47 Å². The van der Waals surface area contributed by atoms with Crippen molar-refractivity contribution in [2.45, 2.75) is 33.4 Å². The van der Waals surface area contributed by atoms with E-state index < -0.39 is 0 Å². The van der Waals surface area contributed by atoms with Crippen LogP contribution in [-0.4, -0.2) is 15.5 Å². The first kappa shape index (κ1) is 20.1. The van der Waals surface area contributed by atoms with Crippen molar-refractivity contribution in [3.05, 3.63) is 119 Å². The number of amides is 2. The number of carbonyl (C=O) groups excluding carboxylic acids is 1. The summed E-state index contributed by atoms with van der Waals surface area (Å²) in [7, 11) is 0. The second-order valence-electron chi connectivity index (χ2n) is 8.62. The van der Waals surface area contributed by atoms with E-state index in [1.54, 1.807) is 0 Å². The van der Waals surface area contributed by atoms with Crippen molar-refractivity contribution in [3.8, 4) is 5.69 Å². The third-order valence-electron chi connectivity index (χ3n) is 6.24. The minimum absolute atomic E-state index is 0.105. The zero-order valence-electron chi connectivity index (χ0n) is 18.7. The first-order valence-electron chi connectivity index (χ1n) is 11.0. The van der Waals surface area contributed by atoms with Gasteiger partial charge in [0.2, 0.25) is 0 Å². The number of aromatic nitrogens is 1. The van der Waals surface area contributed by atoms with Gasteiger partial charge in [-0.25, -0.2) is 4.79 Å². The first-order chi connectivity index (χ1) is 15.5. The average molecular weight is 422 g/mol. The maximum atomic E-state index is 13.8. The van der Waals surface area contributed by atoms with Crippen LogP contribution in [-0.2, 0) is 6.54 Å². The van der Waals surface area contributed by atoms with Gasteiger partial charge in [0.15, 0.2) is 0 Å². The van der Waals surface area contributed by atoms with E-state index in [9.17, 15) is 4.79 Å². The van der Waals surface area contributed by atoms with E-state index in [1.807, 2.05) is 30.0 Å². The number of nitrogens with one attached hydrogen (secondary N) is 1. The monoisotopic (exact) mass is 421 g/mol. The standard InChI is InChI=1S/C28H27N3O/c1-19-10-13-22(14-11-19)27-26-9-6-16-30(26)25-8-5-4-7-23(25)18-31(27)28(32)29-24-15-12-20(2)17-21(24)3/h4-17,27H,18H2,1-3H3,(H,29,32)/t27-/m1/s1. The van der Waals surface area contributed by atoms with Gasteiger partial charge in [-0.2, -0.15) is 0 Å². The molecule has 1 N–H and O–H groups in total. The van der Waals surface area contributed by atoms with Gasteiger partial charge in [0.25, 0.3) is 0 Å². The van der Waals surface area contributed by atoms with Gasteiger partial charge in [-0.1, -0.05) is 65.7 Å². The smallest absolute Gasteiger partial charge is 0.318 e. The van der Waals surface area contributed by atoms with Gasteiger partial charge in [-0.3, -0.25) is 0 Å².